The average molecular weight is 665 g/mol. The number of aryl methyl sites for hydroxylation is 2. The van der Waals surface area contributed by atoms with Gasteiger partial charge in [0.15, 0.2) is 0 Å². The summed E-state index contributed by atoms with van der Waals surface area (Å²) in [6.45, 7) is 10.0. The molecule has 3 aromatic rings. The topological polar surface area (TPSA) is 91.3 Å². The van der Waals surface area contributed by atoms with Crippen LogP contribution in [-0.4, -0.2) is 101 Å². The first-order valence-electron chi connectivity index (χ1n) is 16.8. The largest absolute Gasteiger partial charge is 0.497 e. The molecule has 0 radical (unpaired) electrons. The molecule has 2 aromatic carbocycles. The van der Waals surface area contributed by atoms with Crippen LogP contribution in [0.15, 0.2) is 53.6 Å². The number of likely N-dealkylation sites (N-methyl/N-ethyl adjacent to an activating group) is 1. The van der Waals surface area contributed by atoms with E-state index in [1.807, 2.05) is 51.2 Å². The maximum absolute atomic E-state index is 14.3. The summed E-state index contributed by atoms with van der Waals surface area (Å²) >= 11 is 0. The normalized spacial score (nSPS) is 18.0. The molecule has 0 amide bonds. The second-order valence-corrected chi connectivity index (χ2v) is 15.1. The lowest BCUT2D eigenvalue weighted by Gasteiger charge is -2.46. The number of benzene rings is 2. The van der Waals surface area contributed by atoms with Gasteiger partial charge in [0.25, 0.3) is 10.0 Å². The van der Waals surface area contributed by atoms with Gasteiger partial charge in [-0.15, -0.1) is 0 Å². The number of aromatic nitrogens is 2. The Morgan fingerprint density at radius 1 is 1.04 bits per heavy atom. The van der Waals surface area contributed by atoms with Crippen LogP contribution in [0.3, 0.4) is 0 Å². The number of hydrogen-bond acceptors (Lipinski definition) is 9. The number of anilines is 2. The van der Waals surface area contributed by atoms with Crippen molar-refractivity contribution in [2.45, 2.75) is 75.8 Å². The Bertz CT molecular complexity index is 1600. The first-order valence-corrected chi connectivity index (χ1v) is 18.3. The molecule has 5 rings (SSSR count). The van der Waals surface area contributed by atoms with Crippen LogP contribution in [0.1, 0.15) is 55.7 Å². The molecule has 3 heterocycles. The predicted molar refractivity (Wildman–Crippen MR) is 188 cm³/mol. The van der Waals surface area contributed by atoms with Gasteiger partial charge < -0.3 is 24.2 Å². The van der Waals surface area contributed by atoms with Crippen LogP contribution < -0.4 is 18.7 Å². The average Bonchev–Trinajstić information content (AvgIpc) is 3.45. The summed E-state index contributed by atoms with van der Waals surface area (Å²) < 4.78 is 41.7. The van der Waals surface area contributed by atoms with E-state index in [1.165, 1.54) is 36.4 Å². The van der Waals surface area contributed by atoms with E-state index >= 15 is 0 Å². The summed E-state index contributed by atoms with van der Waals surface area (Å²) in [5, 5.41) is 0. The van der Waals surface area contributed by atoms with E-state index in [9.17, 15) is 8.42 Å². The molecule has 2 aliphatic heterocycles. The van der Waals surface area contributed by atoms with Crippen LogP contribution in [0, 0.1) is 13.8 Å². The number of rotatable bonds is 14. The molecule has 10 nitrogen and oxygen atoms in total. The molecule has 47 heavy (non-hydrogen) atoms. The fraction of sp³-hybridized carbons (Fsp3) is 0.556. The number of para-hydroxylation sites is 1. The first-order chi connectivity index (χ1) is 22.5. The van der Waals surface area contributed by atoms with Crippen molar-refractivity contribution in [3.05, 3.63) is 65.4 Å². The molecular weight excluding hydrogens is 613 g/mol. The van der Waals surface area contributed by atoms with Crippen LogP contribution in [0.5, 0.6) is 11.8 Å². The smallest absolute Gasteiger partial charge is 0.318 e. The van der Waals surface area contributed by atoms with Gasteiger partial charge in [-0.25, -0.2) is 13.4 Å². The summed E-state index contributed by atoms with van der Waals surface area (Å²) in [6.07, 6.45) is 8.43. The van der Waals surface area contributed by atoms with Crippen molar-refractivity contribution in [2.75, 3.05) is 70.2 Å². The van der Waals surface area contributed by atoms with Crippen LogP contribution in [0.4, 0.5) is 11.5 Å². The van der Waals surface area contributed by atoms with Gasteiger partial charge in [0, 0.05) is 31.9 Å². The predicted octanol–water partition coefficient (Wildman–Crippen LogP) is 5.32. The van der Waals surface area contributed by atoms with Crippen molar-refractivity contribution in [2.24, 2.45) is 0 Å². The lowest BCUT2D eigenvalue weighted by atomic mass is 9.82. The van der Waals surface area contributed by atoms with E-state index in [0.717, 1.165) is 37.6 Å². The number of unbranched alkanes of at least 4 members (excludes halogenated alkanes) is 1. The second-order valence-electron chi connectivity index (χ2n) is 13.4. The van der Waals surface area contributed by atoms with Crippen molar-refractivity contribution in [3.63, 3.8) is 0 Å². The maximum Gasteiger partial charge on any atom is 0.318 e. The minimum Gasteiger partial charge on any atom is -0.497 e. The molecule has 1 aromatic heterocycles. The zero-order chi connectivity index (χ0) is 33.8. The van der Waals surface area contributed by atoms with Gasteiger partial charge in [-0.3, -0.25) is 4.31 Å². The molecule has 11 heteroatoms. The second kappa shape index (κ2) is 14.8. The van der Waals surface area contributed by atoms with E-state index in [4.69, 9.17) is 14.5 Å². The molecule has 0 aliphatic carbocycles. The minimum atomic E-state index is -3.91. The van der Waals surface area contributed by atoms with Gasteiger partial charge in [0.2, 0.25) is 0 Å². The lowest BCUT2D eigenvalue weighted by Crippen LogP contribution is -2.53. The molecule has 0 N–H and O–H groups in total. The van der Waals surface area contributed by atoms with Crippen LogP contribution in [0.2, 0.25) is 0 Å². The third-order valence-corrected chi connectivity index (χ3v) is 12.3. The minimum absolute atomic E-state index is 0.120. The van der Waals surface area contributed by atoms with E-state index in [-0.39, 0.29) is 12.6 Å². The maximum atomic E-state index is 14.3. The molecule has 2 aliphatic rings. The fourth-order valence-corrected chi connectivity index (χ4v) is 9.32. The Balaban J connectivity index is 1.24. The summed E-state index contributed by atoms with van der Waals surface area (Å²) in [7, 11) is 4.19. The van der Waals surface area contributed by atoms with Crippen molar-refractivity contribution >= 4 is 21.5 Å². The molecule has 0 saturated carbocycles. The third-order valence-electron chi connectivity index (χ3n) is 10.1. The SMILES string of the molecule is CCCCC1(N(C)C)CCN(CCN(C)c2ccnc(OC[C@@H]3Cc4ccccc4N3S(=O)(=O)c3c(C)cc(OC)cc3C)n2)CC1. The molecule has 256 valence electrons. The molecular formula is C36H52N6O4S. The van der Waals surface area contributed by atoms with Crippen LogP contribution in [0.25, 0.3) is 0 Å². The lowest BCUT2D eigenvalue weighted by molar-refractivity contribution is 0.0485. The van der Waals surface area contributed by atoms with Gasteiger partial charge >= 0.3 is 6.01 Å². The Morgan fingerprint density at radius 2 is 1.74 bits per heavy atom. The van der Waals surface area contributed by atoms with E-state index in [2.05, 4.69) is 40.7 Å². The Hall–Kier alpha value is -3.41. The molecule has 0 unspecified atom stereocenters. The molecule has 1 atom stereocenters. The summed E-state index contributed by atoms with van der Waals surface area (Å²) in [5.41, 5.74) is 3.25. The zero-order valence-corrected chi connectivity index (χ0v) is 30.0. The molecule has 0 spiro atoms. The summed E-state index contributed by atoms with van der Waals surface area (Å²) in [6, 6.07) is 12.9. The monoisotopic (exact) mass is 664 g/mol. The Morgan fingerprint density at radius 3 is 2.40 bits per heavy atom. The summed E-state index contributed by atoms with van der Waals surface area (Å²) in [5.74, 6) is 1.41. The third kappa shape index (κ3) is 7.52. The van der Waals surface area contributed by atoms with E-state index in [0.29, 0.717) is 39.4 Å². The zero-order valence-electron chi connectivity index (χ0n) is 29.2. The quantitative estimate of drug-likeness (QED) is 0.227. The van der Waals surface area contributed by atoms with Gasteiger partial charge in [-0.05, 0) is 108 Å². The number of fused-ring (bicyclic) bond motifs is 1. The van der Waals surface area contributed by atoms with Crippen molar-refractivity contribution in [1.29, 1.82) is 0 Å². The molecule has 1 fully saturated rings. The van der Waals surface area contributed by atoms with Crippen molar-refractivity contribution < 1.29 is 17.9 Å². The van der Waals surface area contributed by atoms with Crippen LogP contribution >= 0.6 is 0 Å². The van der Waals surface area contributed by atoms with Gasteiger partial charge in [-0.1, -0.05) is 38.0 Å². The number of piperidine rings is 1. The van der Waals surface area contributed by atoms with Crippen LogP contribution in [-0.2, 0) is 16.4 Å². The number of sulfonamides is 1. The standard InChI is InChI=1S/C36H52N6O4S/c1-8-9-15-36(39(4)5)16-19-41(20-17-36)22-21-40(6)33-14-18-37-35(38-33)46-26-30-25-29-12-10-11-13-32(29)42(30)47(43,44)34-27(2)23-31(45-7)24-28(34)3/h10-14,18,23-24,30H,8-9,15-17,19-22,25-26H2,1-7H3/t30-/m0/s1. The highest BCUT2D eigenvalue weighted by molar-refractivity contribution is 7.93. The molecule has 0 bridgehead atoms. The first kappa shape index (κ1) is 34.9. The van der Waals surface area contributed by atoms with Gasteiger partial charge in [0.05, 0.1) is 23.7 Å². The number of methoxy groups -OCH3 is 1. The Labute approximate surface area is 281 Å². The van der Waals surface area contributed by atoms with Crippen molar-refractivity contribution in [1.82, 2.24) is 19.8 Å². The Kier molecular flexibility index (Phi) is 11.0. The summed E-state index contributed by atoms with van der Waals surface area (Å²) in [4.78, 5) is 16.5. The van der Waals surface area contributed by atoms with Gasteiger partial charge in [-0.2, -0.15) is 4.98 Å². The van der Waals surface area contributed by atoms with Crippen molar-refractivity contribution in [3.8, 4) is 11.8 Å². The number of ether oxygens (including phenoxy) is 2. The number of likely N-dealkylation sites (tertiary alicyclic amines) is 1. The fourth-order valence-electron chi connectivity index (χ4n) is 7.23. The highest BCUT2D eigenvalue weighted by atomic mass is 32.2. The highest BCUT2D eigenvalue weighted by Crippen LogP contribution is 2.39. The number of hydrogen-bond donors (Lipinski definition) is 0. The van der Waals surface area contributed by atoms with Gasteiger partial charge in [0.1, 0.15) is 18.2 Å². The number of nitrogens with zero attached hydrogens (tertiary/aromatic N) is 6. The molecule has 1 saturated heterocycles. The van der Waals surface area contributed by atoms with E-state index < -0.39 is 16.1 Å². The highest BCUT2D eigenvalue weighted by Gasteiger charge is 2.40. The van der Waals surface area contributed by atoms with E-state index in [1.54, 1.807) is 25.4 Å².